The van der Waals surface area contributed by atoms with Crippen molar-refractivity contribution in [2.24, 2.45) is 0 Å². The zero-order chi connectivity index (χ0) is 18.6. The van der Waals surface area contributed by atoms with Crippen LogP contribution in [0.25, 0.3) is 11.0 Å². The molecule has 1 aromatic heterocycles. The molecular weight excluding hydrogens is 316 g/mol. The van der Waals surface area contributed by atoms with Crippen molar-refractivity contribution in [3.05, 3.63) is 30.0 Å². The van der Waals surface area contributed by atoms with Crippen molar-refractivity contribution in [3.8, 4) is 6.07 Å². The summed E-state index contributed by atoms with van der Waals surface area (Å²) in [6.07, 6.45) is 0. The van der Waals surface area contributed by atoms with Crippen LogP contribution in [0.2, 0.25) is 0 Å². The number of fused-ring (bicyclic) bond motifs is 1. The highest BCUT2D eigenvalue weighted by Crippen LogP contribution is 2.30. The van der Waals surface area contributed by atoms with Crippen LogP contribution in [0, 0.1) is 11.3 Å². The number of hydrogen-bond donors (Lipinski definition) is 0. The summed E-state index contributed by atoms with van der Waals surface area (Å²) >= 11 is 0. The molecule has 0 amide bonds. The van der Waals surface area contributed by atoms with Crippen LogP contribution in [0.15, 0.2) is 24.3 Å². The number of carbonyl (C=O) groups is 1. The molecule has 0 radical (unpaired) electrons. The van der Waals surface area contributed by atoms with Gasteiger partial charge in [-0.05, 0) is 46.8 Å². The van der Waals surface area contributed by atoms with E-state index in [0.717, 1.165) is 5.52 Å². The molecule has 2 aromatic rings. The van der Waals surface area contributed by atoms with Crippen molar-refractivity contribution >= 4 is 22.8 Å². The van der Waals surface area contributed by atoms with E-state index in [2.05, 4.69) is 9.88 Å². The molecular formula is C19H24N4O2. The Morgan fingerprint density at radius 2 is 1.72 bits per heavy atom. The minimum atomic E-state index is -1.10. The Labute approximate surface area is 148 Å². The van der Waals surface area contributed by atoms with E-state index in [1.54, 1.807) is 6.92 Å². The van der Waals surface area contributed by atoms with E-state index in [1.807, 2.05) is 58.0 Å². The number of carbonyl (C=O) groups excluding carboxylic acids is 1. The molecule has 1 unspecified atom stereocenters. The van der Waals surface area contributed by atoms with E-state index in [9.17, 15) is 10.1 Å². The molecule has 1 aromatic carbocycles. The Kier molecular flexibility index (Phi) is 5.92. The van der Waals surface area contributed by atoms with Crippen LogP contribution in [0.1, 0.15) is 46.2 Å². The predicted octanol–water partition coefficient (Wildman–Crippen LogP) is 3.42. The quantitative estimate of drug-likeness (QED) is 0.750. The number of hydrogen-bond acceptors (Lipinski definition) is 6. The maximum Gasteiger partial charge on any atom is 0.329 e. The van der Waals surface area contributed by atoms with Crippen molar-refractivity contribution in [2.45, 2.75) is 52.6 Å². The largest absolute Gasteiger partial charge is 0.465 e. The van der Waals surface area contributed by atoms with Gasteiger partial charge in [0.2, 0.25) is 0 Å². The second kappa shape index (κ2) is 7.93. The fourth-order valence-corrected chi connectivity index (χ4v) is 2.92. The molecule has 132 valence electrons. The number of para-hydroxylation sites is 2. The van der Waals surface area contributed by atoms with E-state index in [1.165, 1.54) is 0 Å². The number of aromatic nitrogens is 2. The summed E-state index contributed by atoms with van der Waals surface area (Å²) in [4.78, 5) is 23.7. The third-order valence-electron chi connectivity index (χ3n) is 3.86. The average molecular weight is 340 g/mol. The summed E-state index contributed by atoms with van der Waals surface area (Å²) in [5.41, 5.74) is 1.73. The van der Waals surface area contributed by atoms with E-state index in [-0.39, 0.29) is 18.7 Å². The molecule has 0 aliphatic carbocycles. The number of anilines is 1. The summed E-state index contributed by atoms with van der Waals surface area (Å²) < 4.78 is 5.07. The highest BCUT2D eigenvalue weighted by molar-refractivity contribution is 5.85. The molecule has 0 aliphatic rings. The maximum atomic E-state index is 12.3. The molecule has 0 fully saturated rings. The van der Waals surface area contributed by atoms with Crippen molar-refractivity contribution in [1.29, 1.82) is 5.26 Å². The van der Waals surface area contributed by atoms with Gasteiger partial charge in [0.25, 0.3) is 0 Å². The third kappa shape index (κ3) is 3.87. The third-order valence-corrected chi connectivity index (χ3v) is 3.86. The van der Waals surface area contributed by atoms with Crippen molar-refractivity contribution < 1.29 is 9.53 Å². The Hall–Kier alpha value is -2.68. The molecule has 0 aliphatic heterocycles. The van der Waals surface area contributed by atoms with Crippen molar-refractivity contribution in [3.63, 3.8) is 0 Å². The summed E-state index contributed by atoms with van der Waals surface area (Å²) in [6, 6.07) is 9.75. The molecule has 6 heteroatoms. The van der Waals surface area contributed by atoms with Crippen molar-refractivity contribution in [2.75, 3.05) is 11.5 Å². The molecule has 0 N–H and O–H groups in total. The highest BCUT2D eigenvalue weighted by atomic mass is 16.5. The Balaban J connectivity index is 2.72. The van der Waals surface area contributed by atoms with Crippen LogP contribution in [-0.2, 0) is 9.53 Å². The molecule has 0 bridgehead atoms. The topological polar surface area (TPSA) is 79.1 Å². The first kappa shape index (κ1) is 18.7. The Bertz CT molecular complexity index is 788. The van der Waals surface area contributed by atoms with Crippen LogP contribution in [0.5, 0.6) is 0 Å². The van der Waals surface area contributed by atoms with Gasteiger partial charge in [-0.3, -0.25) is 4.79 Å². The van der Waals surface area contributed by atoms with Crippen LogP contribution < -0.4 is 4.90 Å². The second-order valence-corrected chi connectivity index (χ2v) is 6.33. The van der Waals surface area contributed by atoms with Gasteiger partial charge in [0, 0.05) is 12.1 Å². The lowest BCUT2D eigenvalue weighted by molar-refractivity contribution is -0.143. The number of esters is 1. The van der Waals surface area contributed by atoms with Crippen LogP contribution in [-0.4, -0.2) is 34.6 Å². The smallest absolute Gasteiger partial charge is 0.329 e. The van der Waals surface area contributed by atoms with Crippen LogP contribution >= 0.6 is 0 Å². The number of nitrogens with zero attached hydrogens (tertiary/aromatic N) is 4. The molecule has 0 saturated carbocycles. The van der Waals surface area contributed by atoms with Gasteiger partial charge in [0.15, 0.2) is 11.7 Å². The normalized spacial score (nSPS) is 12.2. The molecule has 1 heterocycles. The number of benzene rings is 1. The fourth-order valence-electron chi connectivity index (χ4n) is 2.92. The molecule has 1 atom stereocenters. The number of ether oxygens (including phenoxy) is 1. The average Bonchev–Trinajstić information content (AvgIpc) is 2.55. The van der Waals surface area contributed by atoms with Gasteiger partial charge in [0.1, 0.15) is 5.69 Å². The van der Waals surface area contributed by atoms with Gasteiger partial charge < -0.3 is 9.64 Å². The van der Waals surface area contributed by atoms with Gasteiger partial charge >= 0.3 is 5.97 Å². The first-order chi connectivity index (χ1) is 11.9. The van der Waals surface area contributed by atoms with Gasteiger partial charge in [-0.25, -0.2) is 9.97 Å². The first-order valence-electron chi connectivity index (χ1n) is 8.51. The summed E-state index contributed by atoms with van der Waals surface area (Å²) in [5, 5.41) is 9.59. The van der Waals surface area contributed by atoms with Crippen LogP contribution in [0.4, 0.5) is 5.82 Å². The molecule has 2 rings (SSSR count). The second-order valence-electron chi connectivity index (χ2n) is 6.33. The molecule has 25 heavy (non-hydrogen) atoms. The van der Waals surface area contributed by atoms with Crippen molar-refractivity contribution in [1.82, 2.24) is 9.97 Å². The molecule has 0 spiro atoms. The van der Waals surface area contributed by atoms with E-state index in [4.69, 9.17) is 9.72 Å². The molecule has 6 nitrogen and oxygen atoms in total. The Morgan fingerprint density at radius 3 is 2.20 bits per heavy atom. The monoisotopic (exact) mass is 340 g/mol. The van der Waals surface area contributed by atoms with E-state index in [0.29, 0.717) is 17.0 Å². The summed E-state index contributed by atoms with van der Waals surface area (Å²) in [7, 11) is 0. The minimum Gasteiger partial charge on any atom is -0.465 e. The number of nitriles is 1. The fraction of sp³-hybridized carbons (Fsp3) is 0.474. The maximum absolute atomic E-state index is 12.3. The lowest BCUT2D eigenvalue weighted by atomic mass is 10.0. The van der Waals surface area contributed by atoms with Gasteiger partial charge in [-0.2, -0.15) is 5.26 Å². The Morgan fingerprint density at radius 1 is 1.16 bits per heavy atom. The van der Waals surface area contributed by atoms with Gasteiger partial charge in [-0.15, -0.1) is 0 Å². The summed E-state index contributed by atoms with van der Waals surface area (Å²) in [6.45, 7) is 10.1. The highest BCUT2D eigenvalue weighted by Gasteiger charge is 2.31. The summed E-state index contributed by atoms with van der Waals surface area (Å²) in [5.74, 6) is -1.14. The molecule has 0 saturated heterocycles. The zero-order valence-electron chi connectivity index (χ0n) is 15.4. The number of rotatable bonds is 6. The minimum absolute atomic E-state index is 0.135. The lowest BCUT2D eigenvalue weighted by Gasteiger charge is -2.33. The van der Waals surface area contributed by atoms with Crippen LogP contribution in [0.3, 0.4) is 0 Å². The van der Waals surface area contributed by atoms with Gasteiger partial charge in [0.05, 0.1) is 23.7 Å². The SMILES string of the molecule is CCOC(=O)C(C#N)c1nc2ccccc2nc1N(C(C)C)C(C)C. The first-order valence-corrected chi connectivity index (χ1v) is 8.51. The van der Waals surface area contributed by atoms with E-state index < -0.39 is 11.9 Å². The van der Waals surface area contributed by atoms with Gasteiger partial charge in [-0.1, -0.05) is 12.1 Å². The predicted molar refractivity (Wildman–Crippen MR) is 97.3 cm³/mol. The standard InChI is InChI=1S/C19H24N4O2/c1-6-25-19(24)14(11-20)17-18(23(12(2)3)13(4)5)22-16-10-8-7-9-15(16)21-17/h7-10,12-14H,6H2,1-5H3. The zero-order valence-corrected chi connectivity index (χ0v) is 15.4. The lowest BCUT2D eigenvalue weighted by Crippen LogP contribution is -2.39. The van der Waals surface area contributed by atoms with E-state index >= 15 is 0 Å².